The standard InChI is InChI=1S/C19H23F3N2O2/c1-13-7-5-11-15-17(13)23-24(18(15,26)19(20,21)22)16(25)12-6-10-14-8-3-2-4-9-14/h2-4,8-9,13,15,26H,5-7,10-12H2,1H3/t13-,15+,18-/m1/s1. The average molecular weight is 368 g/mol. The molecule has 1 saturated carbocycles. The average Bonchev–Trinajstić information content (AvgIpc) is 2.91. The molecule has 0 saturated heterocycles. The maximum absolute atomic E-state index is 13.7. The normalized spacial score (nSPS) is 28.7. The predicted octanol–water partition coefficient (Wildman–Crippen LogP) is 3.89. The number of benzene rings is 1. The number of aliphatic hydroxyl groups is 1. The Kier molecular flexibility index (Phi) is 5.10. The number of amides is 1. The zero-order chi connectivity index (χ0) is 18.9. The number of nitrogens with zero attached hydrogens (tertiary/aromatic N) is 2. The molecule has 3 rings (SSSR count). The minimum Gasteiger partial charge on any atom is -0.362 e. The van der Waals surface area contributed by atoms with Gasteiger partial charge in [-0.2, -0.15) is 23.3 Å². The van der Waals surface area contributed by atoms with Crippen molar-refractivity contribution in [1.82, 2.24) is 5.01 Å². The first-order valence-electron chi connectivity index (χ1n) is 8.99. The van der Waals surface area contributed by atoms with E-state index in [1.807, 2.05) is 30.3 Å². The summed E-state index contributed by atoms with van der Waals surface area (Å²) >= 11 is 0. The van der Waals surface area contributed by atoms with E-state index in [2.05, 4.69) is 5.10 Å². The number of carbonyl (C=O) groups is 1. The fourth-order valence-corrected chi connectivity index (χ4v) is 3.94. The molecule has 1 fully saturated rings. The first-order chi connectivity index (χ1) is 12.2. The molecular weight excluding hydrogens is 345 g/mol. The molecule has 0 unspecified atom stereocenters. The van der Waals surface area contributed by atoms with E-state index in [-0.39, 0.29) is 18.8 Å². The minimum atomic E-state index is -4.95. The van der Waals surface area contributed by atoms with Crippen molar-refractivity contribution in [2.24, 2.45) is 16.9 Å². The number of alkyl halides is 3. The molecule has 0 radical (unpaired) electrons. The van der Waals surface area contributed by atoms with Gasteiger partial charge in [-0.05, 0) is 37.2 Å². The number of hydrogen-bond acceptors (Lipinski definition) is 3. The van der Waals surface area contributed by atoms with Crippen molar-refractivity contribution in [2.45, 2.75) is 57.3 Å². The molecule has 1 aromatic rings. The maximum Gasteiger partial charge on any atom is 0.439 e. The molecule has 0 spiro atoms. The molecule has 3 atom stereocenters. The fourth-order valence-electron chi connectivity index (χ4n) is 3.94. The summed E-state index contributed by atoms with van der Waals surface area (Å²) < 4.78 is 41.2. The van der Waals surface area contributed by atoms with Crippen molar-refractivity contribution in [3.05, 3.63) is 35.9 Å². The van der Waals surface area contributed by atoms with E-state index >= 15 is 0 Å². The zero-order valence-corrected chi connectivity index (χ0v) is 14.7. The summed E-state index contributed by atoms with van der Waals surface area (Å²) in [7, 11) is 0. The van der Waals surface area contributed by atoms with Gasteiger partial charge in [0.05, 0.1) is 5.92 Å². The third-order valence-electron chi connectivity index (χ3n) is 5.37. The van der Waals surface area contributed by atoms with Crippen LogP contribution in [0.2, 0.25) is 0 Å². The molecule has 0 bridgehead atoms. The van der Waals surface area contributed by atoms with Crippen LogP contribution in [0.4, 0.5) is 13.2 Å². The zero-order valence-electron chi connectivity index (χ0n) is 14.7. The van der Waals surface area contributed by atoms with Crippen molar-refractivity contribution >= 4 is 11.6 Å². The van der Waals surface area contributed by atoms with Crippen molar-refractivity contribution in [3.63, 3.8) is 0 Å². The van der Waals surface area contributed by atoms with Crippen LogP contribution in [0.5, 0.6) is 0 Å². The van der Waals surface area contributed by atoms with Crippen LogP contribution in [0, 0.1) is 11.8 Å². The molecule has 1 aromatic carbocycles. The number of fused-ring (bicyclic) bond motifs is 1. The van der Waals surface area contributed by atoms with Gasteiger partial charge < -0.3 is 5.11 Å². The van der Waals surface area contributed by atoms with Gasteiger partial charge in [0.1, 0.15) is 0 Å². The highest BCUT2D eigenvalue weighted by molar-refractivity contribution is 5.94. The smallest absolute Gasteiger partial charge is 0.362 e. The fraction of sp³-hybridized carbons (Fsp3) is 0.579. The molecule has 1 aliphatic carbocycles. The number of hydrogen-bond donors (Lipinski definition) is 1. The summed E-state index contributed by atoms with van der Waals surface area (Å²) in [6.45, 7) is 1.80. The van der Waals surface area contributed by atoms with Crippen LogP contribution in [0.15, 0.2) is 35.4 Å². The van der Waals surface area contributed by atoms with Gasteiger partial charge >= 0.3 is 6.18 Å². The van der Waals surface area contributed by atoms with E-state index in [1.54, 1.807) is 6.92 Å². The van der Waals surface area contributed by atoms with Crippen LogP contribution >= 0.6 is 0 Å². The van der Waals surface area contributed by atoms with E-state index in [1.165, 1.54) is 0 Å². The Morgan fingerprint density at radius 1 is 1.31 bits per heavy atom. The molecule has 0 aromatic heterocycles. The number of halogens is 3. The number of carbonyl (C=O) groups excluding carboxylic acids is 1. The van der Waals surface area contributed by atoms with Crippen molar-refractivity contribution in [2.75, 3.05) is 0 Å². The second-order valence-electron chi connectivity index (χ2n) is 7.18. The van der Waals surface area contributed by atoms with Crippen LogP contribution in [-0.2, 0) is 11.2 Å². The monoisotopic (exact) mass is 368 g/mol. The van der Waals surface area contributed by atoms with Crippen LogP contribution in [0.3, 0.4) is 0 Å². The largest absolute Gasteiger partial charge is 0.439 e. The summed E-state index contributed by atoms with van der Waals surface area (Å²) in [4.78, 5) is 12.5. The summed E-state index contributed by atoms with van der Waals surface area (Å²) in [5.41, 5.74) is -1.91. The SMILES string of the molecule is C[C@@H]1CCC[C@H]2C1=NN(C(=O)CCCc1ccccc1)[C@]2(O)C(F)(F)F. The van der Waals surface area contributed by atoms with Gasteiger partial charge in [0.15, 0.2) is 0 Å². The summed E-state index contributed by atoms with van der Waals surface area (Å²) in [5, 5.41) is 14.8. The lowest BCUT2D eigenvalue weighted by molar-refractivity contribution is -0.317. The van der Waals surface area contributed by atoms with Gasteiger partial charge in [0.2, 0.25) is 5.91 Å². The highest BCUT2D eigenvalue weighted by atomic mass is 19.4. The lowest BCUT2D eigenvalue weighted by Gasteiger charge is -2.39. The second kappa shape index (κ2) is 7.02. The molecule has 1 amide bonds. The summed E-state index contributed by atoms with van der Waals surface area (Å²) in [6.07, 6.45) is -2.56. The van der Waals surface area contributed by atoms with Gasteiger partial charge in [-0.25, -0.2) is 0 Å². The van der Waals surface area contributed by atoms with Gasteiger partial charge in [-0.3, -0.25) is 4.79 Å². The topological polar surface area (TPSA) is 52.9 Å². The first kappa shape index (κ1) is 18.9. The molecule has 1 N–H and O–H groups in total. The summed E-state index contributed by atoms with van der Waals surface area (Å²) in [5.74, 6) is -2.11. The summed E-state index contributed by atoms with van der Waals surface area (Å²) in [6, 6.07) is 9.43. The number of rotatable bonds is 4. The Hall–Kier alpha value is -1.89. The van der Waals surface area contributed by atoms with Gasteiger partial charge in [0, 0.05) is 12.1 Å². The Morgan fingerprint density at radius 2 is 2.00 bits per heavy atom. The van der Waals surface area contributed by atoms with E-state index in [0.717, 1.165) is 12.0 Å². The molecule has 1 aliphatic heterocycles. The second-order valence-corrected chi connectivity index (χ2v) is 7.18. The van der Waals surface area contributed by atoms with Crippen LogP contribution in [0.1, 0.15) is 44.6 Å². The molecule has 26 heavy (non-hydrogen) atoms. The van der Waals surface area contributed by atoms with Crippen LogP contribution in [-0.4, -0.2) is 33.6 Å². The van der Waals surface area contributed by atoms with Gasteiger partial charge in [-0.15, -0.1) is 0 Å². The quantitative estimate of drug-likeness (QED) is 0.876. The van der Waals surface area contributed by atoms with E-state index in [0.29, 0.717) is 30.0 Å². The third-order valence-corrected chi connectivity index (χ3v) is 5.37. The Balaban J connectivity index is 1.76. The highest BCUT2D eigenvalue weighted by Gasteiger charge is 2.68. The van der Waals surface area contributed by atoms with Gasteiger partial charge in [0.25, 0.3) is 5.72 Å². The maximum atomic E-state index is 13.7. The van der Waals surface area contributed by atoms with E-state index in [4.69, 9.17) is 0 Å². The number of aryl methyl sites for hydroxylation is 1. The molecule has 1 heterocycles. The molecule has 4 nitrogen and oxygen atoms in total. The van der Waals surface area contributed by atoms with Crippen molar-refractivity contribution in [1.29, 1.82) is 0 Å². The van der Waals surface area contributed by atoms with Crippen LogP contribution < -0.4 is 0 Å². The molecule has 7 heteroatoms. The number of hydrazone groups is 1. The first-order valence-corrected chi connectivity index (χ1v) is 8.99. The third kappa shape index (κ3) is 3.24. The molecule has 2 aliphatic rings. The Morgan fingerprint density at radius 3 is 2.65 bits per heavy atom. The van der Waals surface area contributed by atoms with E-state index in [9.17, 15) is 23.1 Å². The van der Waals surface area contributed by atoms with E-state index < -0.39 is 23.7 Å². The lowest BCUT2D eigenvalue weighted by Crippen LogP contribution is -2.61. The van der Waals surface area contributed by atoms with Crippen molar-refractivity contribution in [3.8, 4) is 0 Å². The Labute approximate surface area is 150 Å². The molecular formula is C19H23F3N2O2. The van der Waals surface area contributed by atoms with Gasteiger partial charge in [-0.1, -0.05) is 43.7 Å². The van der Waals surface area contributed by atoms with Crippen LogP contribution in [0.25, 0.3) is 0 Å². The highest BCUT2D eigenvalue weighted by Crippen LogP contribution is 2.49. The molecule has 142 valence electrons. The van der Waals surface area contributed by atoms with Crippen molar-refractivity contribution < 1.29 is 23.1 Å². The Bertz CT molecular complexity index is 690. The predicted molar refractivity (Wildman–Crippen MR) is 91.2 cm³/mol. The lowest BCUT2D eigenvalue weighted by atomic mass is 9.75. The minimum absolute atomic E-state index is 0.0921.